The number of halogens is 2. The molecule has 2 fully saturated rings. The highest BCUT2D eigenvalue weighted by molar-refractivity contribution is 5.55. The fraction of sp³-hybridized carbons (Fsp3) is 0.680. The first kappa shape index (κ1) is 26.4. The highest BCUT2D eigenvalue weighted by atomic mass is 19.1. The van der Waals surface area contributed by atoms with Crippen molar-refractivity contribution in [2.24, 2.45) is 11.8 Å². The number of hydrogen-bond acceptors (Lipinski definition) is 3. The van der Waals surface area contributed by atoms with Gasteiger partial charge in [-0.25, -0.2) is 8.78 Å². The summed E-state index contributed by atoms with van der Waals surface area (Å²) < 4.78 is 26.5. The first-order valence-electron chi connectivity index (χ1n) is 10.8. The van der Waals surface area contributed by atoms with Gasteiger partial charge in [-0.2, -0.15) is 0 Å². The van der Waals surface area contributed by atoms with Crippen molar-refractivity contribution in [3.05, 3.63) is 35.4 Å². The molecule has 0 N–H and O–H groups in total. The van der Waals surface area contributed by atoms with Gasteiger partial charge in [-0.05, 0) is 71.0 Å². The van der Waals surface area contributed by atoms with Gasteiger partial charge < -0.3 is 9.59 Å². The van der Waals surface area contributed by atoms with Crippen LogP contribution in [0.1, 0.15) is 84.6 Å². The first-order valence-corrected chi connectivity index (χ1v) is 10.8. The summed E-state index contributed by atoms with van der Waals surface area (Å²) in [4.78, 5) is 23.4. The van der Waals surface area contributed by atoms with Crippen molar-refractivity contribution in [2.75, 3.05) is 13.1 Å². The Morgan fingerprint density at radius 3 is 1.93 bits per heavy atom. The van der Waals surface area contributed by atoms with Gasteiger partial charge in [0.1, 0.15) is 24.2 Å². The van der Waals surface area contributed by atoms with E-state index in [9.17, 15) is 18.4 Å². The molecule has 1 aromatic rings. The van der Waals surface area contributed by atoms with Crippen molar-refractivity contribution in [3.63, 3.8) is 0 Å². The zero-order valence-electron chi connectivity index (χ0n) is 18.0. The largest absolute Gasteiger partial charge is 0.303 e. The Morgan fingerprint density at radius 1 is 0.933 bits per heavy atom. The van der Waals surface area contributed by atoms with Crippen LogP contribution in [0.4, 0.5) is 8.78 Å². The van der Waals surface area contributed by atoms with Crippen LogP contribution in [-0.2, 0) is 9.59 Å². The molecule has 5 heteroatoms. The zero-order valence-corrected chi connectivity index (χ0v) is 18.0. The summed E-state index contributed by atoms with van der Waals surface area (Å²) in [6.07, 6.45) is 9.12. The molecule has 3 nitrogen and oxygen atoms in total. The van der Waals surface area contributed by atoms with Gasteiger partial charge in [0.15, 0.2) is 0 Å². The molecule has 0 aromatic heterocycles. The van der Waals surface area contributed by atoms with E-state index >= 15 is 0 Å². The molecule has 0 bridgehead atoms. The molecule has 0 spiro atoms. The molecule has 3 rings (SSSR count). The maximum atomic E-state index is 13.7. The van der Waals surface area contributed by atoms with E-state index in [4.69, 9.17) is 0 Å². The van der Waals surface area contributed by atoms with Crippen molar-refractivity contribution in [1.29, 1.82) is 0 Å². The minimum absolute atomic E-state index is 0. The van der Waals surface area contributed by atoms with Crippen LogP contribution in [0.25, 0.3) is 0 Å². The Balaban J connectivity index is 0.000000308. The highest BCUT2D eigenvalue weighted by Gasteiger charge is 2.32. The molecule has 0 amide bonds. The summed E-state index contributed by atoms with van der Waals surface area (Å²) in [7, 11) is 0. The quantitative estimate of drug-likeness (QED) is 0.547. The molecule has 0 radical (unpaired) electrons. The second-order valence-corrected chi connectivity index (χ2v) is 9.42. The smallest absolute Gasteiger partial charge is 0.129 e. The Morgan fingerprint density at radius 2 is 1.50 bits per heavy atom. The van der Waals surface area contributed by atoms with Crippen molar-refractivity contribution in [1.82, 2.24) is 4.90 Å². The van der Waals surface area contributed by atoms with Gasteiger partial charge in [0.2, 0.25) is 0 Å². The van der Waals surface area contributed by atoms with E-state index in [0.29, 0.717) is 5.56 Å². The van der Waals surface area contributed by atoms with Crippen molar-refractivity contribution < 1.29 is 18.4 Å². The molecule has 1 heterocycles. The lowest BCUT2D eigenvalue weighted by Gasteiger charge is -2.31. The second kappa shape index (κ2) is 12.3. The molecule has 1 aliphatic carbocycles. The fourth-order valence-corrected chi connectivity index (χ4v) is 4.26. The maximum Gasteiger partial charge on any atom is 0.129 e. The molecule has 1 aliphatic heterocycles. The van der Waals surface area contributed by atoms with E-state index in [-0.39, 0.29) is 30.7 Å². The van der Waals surface area contributed by atoms with Crippen LogP contribution >= 0.6 is 0 Å². The molecular formula is C25H39F2NO2. The Labute approximate surface area is 181 Å². The minimum atomic E-state index is -0.503. The van der Waals surface area contributed by atoms with Gasteiger partial charge in [-0.15, -0.1) is 0 Å². The second-order valence-electron chi connectivity index (χ2n) is 9.42. The van der Waals surface area contributed by atoms with Gasteiger partial charge in [-0.1, -0.05) is 26.3 Å². The lowest BCUT2D eigenvalue weighted by atomic mass is 9.87. The van der Waals surface area contributed by atoms with Gasteiger partial charge in [0, 0.05) is 35.9 Å². The third-order valence-corrected chi connectivity index (χ3v) is 6.23. The van der Waals surface area contributed by atoms with Crippen LogP contribution in [0.5, 0.6) is 0 Å². The van der Waals surface area contributed by atoms with E-state index in [1.165, 1.54) is 6.07 Å². The average Bonchev–Trinajstić information content (AvgIpc) is 3.13. The lowest BCUT2D eigenvalue weighted by molar-refractivity contribution is -0.114. The number of nitrogens with zero attached hydrogens (tertiary/aromatic N) is 1. The van der Waals surface area contributed by atoms with Gasteiger partial charge >= 0.3 is 0 Å². The third kappa shape index (κ3) is 7.90. The summed E-state index contributed by atoms with van der Waals surface area (Å²) in [5.41, 5.74) is 0.767. The highest BCUT2D eigenvalue weighted by Crippen LogP contribution is 2.32. The number of hydrogen-bond donors (Lipinski definition) is 0. The van der Waals surface area contributed by atoms with Crippen molar-refractivity contribution in [3.8, 4) is 0 Å². The normalized spacial score (nSPS) is 25.2. The summed E-state index contributed by atoms with van der Waals surface area (Å²) >= 11 is 0. The molecule has 1 aromatic carbocycles. The summed E-state index contributed by atoms with van der Waals surface area (Å²) in [5.74, 6) is -0.294. The number of carbonyl (C=O) groups excluding carboxylic acids is 2. The van der Waals surface area contributed by atoms with E-state index < -0.39 is 11.6 Å². The van der Waals surface area contributed by atoms with E-state index in [1.54, 1.807) is 6.07 Å². The fourth-order valence-electron chi connectivity index (χ4n) is 4.26. The van der Waals surface area contributed by atoms with E-state index in [0.717, 1.165) is 76.7 Å². The summed E-state index contributed by atoms with van der Waals surface area (Å²) in [5, 5.41) is 0. The Bertz CT molecular complexity index is 654. The maximum absolute atomic E-state index is 13.7. The number of aldehydes is 2. The lowest BCUT2D eigenvalue weighted by Crippen LogP contribution is -2.39. The number of carbonyl (C=O) groups is 2. The molecule has 2 unspecified atom stereocenters. The van der Waals surface area contributed by atoms with Crippen LogP contribution in [0.3, 0.4) is 0 Å². The number of likely N-dealkylation sites (tertiary alicyclic amines) is 1. The zero-order chi connectivity index (χ0) is 21.4. The van der Waals surface area contributed by atoms with Crippen LogP contribution in [0.15, 0.2) is 18.2 Å². The predicted molar refractivity (Wildman–Crippen MR) is 119 cm³/mol. The van der Waals surface area contributed by atoms with Crippen LogP contribution in [0, 0.1) is 23.5 Å². The van der Waals surface area contributed by atoms with Crippen molar-refractivity contribution >= 4 is 12.6 Å². The predicted octanol–water partition coefficient (Wildman–Crippen LogP) is 6.16. The molecule has 1 saturated heterocycles. The molecule has 1 saturated carbocycles. The summed E-state index contributed by atoms with van der Waals surface area (Å²) in [6, 6.07) is 3.91. The standard InChI is InChI=1S/C14H19F2N.C10H16O2.CH4/c1-14(2,3)17-7-6-10(9-17)12-5-4-11(15)8-13(12)16;11-7-9-3-1-2-4-10(8-12)6-5-9;/h4-5,8,10H,6-7,9H2,1-3H3;7-10H,1-6H2;1H4/t10-;;/m0../s1. The van der Waals surface area contributed by atoms with Gasteiger partial charge in [-0.3, -0.25) is 4.90 Å². The Hall–Kier alpha value is -1.62. The number of rotatable bonds is 3. The topological polar surface area (TPSA) is 37.4 Å². The minimum Gasteiger partial charge on any atom is -0.303 e. The average molecular weight is 424 g/mol. The van der Waals surface area contributed by atoms with Crippen LogP contribution in [0.2, 0.25) is 0 Å². The Kier molecular flexibility index (Phi) is 10.8. The molecular weight excluding hydrogens is 384 g/mol. The summed E-state index contributed by atoms with van der Waals surface area (Å²) in [6.45, 7) is 8.32. The first-order chi connectivity index (χ1) is 13.7. The van der Waals surface area contributed by atoms with Crippen LogP contribution < -0.4 is 0 Å². The van der Waals surface area contributed by atoms with E-state index in [1.807, 2.05) is 0 Å². The van der Waals surface area contributed by atoms with Crippen molar-refractivity contribution in [2.45, 2.75) is 84.6 Å². The van der Waals surface area contributed by atoms with E-state index in [2.05, 4.69) is 25.7 Å². The molecule has 2 aliphatic rings. The van der Waals surface area contributed by atoms with Crippen LogP contribution in [-0.4, -0.2) is 36.1 Å². The molecule has 30 heavy (non-hydrogen) atoms. The van der Waals surface area contributed by atoms with Gasteiger partial charge in [0.25, 0.3) is 0 Å². The van der Waals surface area contributed by atoms with Gasteiger partial charge in [0.05, 0.1) is 0 Å². The molecule has 3 atom stereocenters. The molecule has 170 valence electrons. The monoisotopic (exact) mass is 423 g/mol. The SMILES string of the molecule is C.CC(C)(C)N1CC[C@H](c2ccc(F)cc2F)C1.O=CC1CCCCC(C=O)CC1. The third-order valence-electron chi connectivity index (χ3n) is 6.23. The number of benzene rings is 1.